The van der Waals surface area contributed by atoms with E-state index in [1.54, 1.807) is 56.3 Å². The molecule has 7 nitrogen and oxygen atoms in total. The molecule has 0 radical (unpaired) electrons. The minimum atomic E-state index is -4.07. The fourth-order valence-electron chi connectivity index (χ4n) is 3.09. The monoisotopic (exact) mass is 486 g/mol. The number of carbonyl (C=O) groups excluding carboxylic acids is 2. The lowest BCUT2D eigenvalue weighted by molar-refractivity contribution is -0.114. The van der Waals surface area contributed by atoms with E-state index in [4.69, 9.17) is 16.3 Å². The molecule has 0 fully saturated rings. The number of aryl methyl sites for hydroxylation is 2. The number of halogens is 1. The fourth-order valence-corrected chi connectivity index (χ4v) is 4.70. The molecule has 0 saturated heterocycles. The molecule has 0 aliphatic carbocycles. The third-order valence-electron chi connectivity index (χ3n) is 4.99. The topological polar surface area (TPSA) is 92.8 Å². The maximum atomic E-state index is 13.4. The summed E-state index contributed by atoms with van der Waals surface area (Å²) >= 11 is 6.24. The van der Waals surface area contributed by atoms with Crippen molar-refractivity contribution < 1.29 is 22.7 Å². The average molecular weight is 487 g/mol. The summed E-state index contributed by atoms with van der Waals surface area (Å²) in [7, 11) is -2.80. The largest absolute Gasteiger partial charge is 0.465 e. The van der Waals surface area contributed by atoms with Gasteiger partial charge in [-0.15, -0.1) is 0 Å². The third-order valence-corrected chi connectivity index (χ3v) is 7.19. The lowest BCUT2D eigenvalue weighted by Gasteiger charge is -2.25. The molecule has 172 valence electrons. The van der Waals surface area contributed by atoms with Gasteiger partial charge < -0.3 is 10.1 Å². The molecule has 1 amide bonds. The van der Waals surface area contributed by atoms with Crippen LogP contribution in [0.1, 0.15) is 21.5 Å². The van der Waals surface area contributed by atoms with Crippen molar-refractivity contribution in [3.8, 4) is 0 Å². The van der Waals surface area contributed by atoms with Gasteiger partial charge in [0.25, 0.3) is 10.0 Å². The van der Waals surface area contributed by atoms with Crippen molar-refractivity contribution in [3.63, 3.8) is 0 Å². The number of hydrogen-bond acceptors (Lipinski definition) is 5. The number of rotatable bonds is 7. The Bertz CT molecular complexity index is 1290. The Morgan fingerprint density at radius 3 is 2.27 bits per heavy atom. The van der Waals surface area contributed by atoms with Crippen LogP contribution in [0.25, 0.3) is 0 Å². The van der Waals surface area contributed by atoms with Gasteiger partial charge in [0.05, 0.1) is 23.3 Å². The number of benzene rings is 3. The summed E-state index contributed by atoms with van der Waals surface area (Å²) in [5, 5.41) is 3.07. The van der Waals surface area contributed by atoms with Crippen LogP contribution in [0, 0.1) is 13.8 Å². The Labute approximate surface area is 198 Å². The number of amides is 1. The third kappa shape index (κ3) is 5.53. The molecule has 3 aromatic carbocycles. The summed E-state index contributed by atoms with van der Waals surface area (Å²) in [4.78, 5) is 24.8. The van der Waals surface area contributed by atoms with Gasteiger partial charge in [-0.25, -0.2) is 13.2 Å². The van der Waals surface area contributed by atoms with Gasteiger partial charge in [0.15, 0.2) is 0 Å². The van der Waals surface area contributed by atoms with Crippen LogP contribution in [0.2, 0.25) is 5.02 Å². The second-order valence-electron chi connectivity index (χ2n) is 7.33. The summed E-state index contributed by atoms with van der Waals surface area (Å²) in [5.41, 5.74) is 2.37. The van der Waals surface area contributed by atoms with E-state index < -0.39 is 28.4 Å². The van der Waals surface area contributed by atoms with Crippen molar-refractivity contribution in [2.75, 3.05) is 23.3 Å². The summed E-state index contributed by atoms with van der Waals surface area (Å²) in [6, 6.07) is 17.4. The lowest BCUT2D eigenvalue weighted by Crippen LogP contribution is -2.38. The minimum Gasteiger partial charge on any atom is -0.465 e. The van der Waals surface area contributed by atoms with E-state index in [-0.39, 0.29) is 16.1 Å². The predicted octanol–water partition coefficient (Wildman–Crippen LogP) is 4.58. The summed E-state index contributed by atoms with van der Waals surface area (Å²) in [5.74, 6) is -1.13. The Kier molecular flexibility index (Phi) is 7.40. The van der Waals surface area contributed by atoms with Crippen molar-refractivity contribution in [3.05, 3.63) is 88.4 Å². The predicted molar refractivity (Wildman–Crippen MR) is 128 cm³/mol. The Balaban J connectivity index is 1.96. The minimum absolute atomic E-state index is 0.0402. The molecule has 0 unspecified atom stereocenters. The normalized spacial score (nSPS) is 11.0. The molecule has 0 atom stereocenters. The highest BCUT2D eigenvalue weighted by molar-refractivity contribution is 7.92. The molecular weight excluding hydrogens is 464 g/mol. The molecule has 3 aromatic rings. The van der Waals surface area contributed by atoms with E-state index in [1.165, 1.54) is 31.4 Å². The number of sulfonamides is 1. The first-order valence-corrected chi connectivity index (χ1v) is 11.8. The van der Waals surface area contributed by atoms with Crippen LogP contribution >= 0.6 is 11.6 Å². The first-order chi connectivity index (χ1) is 15.6. The van der Waals surface area contributed by atoms with Gasteiger partial charge in [-0.05, 0) is 61.4 Å². The highest BCUT2D eigenvalue weighted by Crippen LogP contribution is 2.28. The van der Waals surface area contributed by atoms with Crippen LogP contribution in [0.4, 0.5) is 11.4 Å². The molecule has 33 heavy (non-hydrogen) atoms. The number of methoxy groups -OCH3 is 1. The molecule has 0 spiro atoms. The summed E-state index contributed by atoms with van der Waals surface area (Å²) in [6.45, 7) is 3.05. The standard InChI is InChI=1S/C24H23ClN2O5S/c1-16-10-12-19(14-21(16)25)27(33(30,31)20-7-5-4-6-8-20)15-23(28)26-22-13-18(24(29)32-3)11-9-17(22)2/h4-14H,15H2,1-3H3,(H,26,28). The average Bonchev–Trinajstić information content (AvgIpc) is 2.80. The first kappa shape index (κ1) is 24.3. The zero-order valence-corrected chi connectivity index (χ0v) is 19.9. The van der Waals surface area contributed by atoms with Crippen molar-refractivity contribution in [1.29, 1.82) is 0 Å². The molecule has 0 bridgehead atoms. The summed E-state index contributed by atoms with van der Waals surface area (Å²) in [6.07, 6.45) is 0. The molecular formula is C24H23ClN2O5S. The van der Waals surface area contributed by atoms with Crippen molar-refractivity contribution >= 4 is 44.9 Å². The summed E-state index contributed by atoms with van der Waals surface area (Å²) < 4.78 is 32.5. The van der Waals surface area contributed by atoms with Crippen molar-refractivity contribution in [2.45, 2.75) is 18.7 Å². The van der Waals surface area contributed by atoms with Crippen LogP contribution in [0.5, 0.6) is 0 Å². The van der Waals surface area contributed by atoms with Crippen molar-refractivity contribution in [2.24, 2.45) is 0 Å². The Hall–Kier alpha value is -3.36. The second-order valence-corrected chi connectivity index (χ2v) is 9.60. The van der Waals surface area contributed by atoms with Crippen LogP contribution in [-0.4, -0.2) is 33.9 Å². The van der Waals surface area contributed by atoms with Gasteiger partial charge in [-0.1, -0.05) is 41.9 Å². The quantitative estimate of drug-likeness (QED) is 0.493. The highest BCUT2D eigenvalue weighted by Gasteiger charge is 2.27. The molecule has 0 aliphatic rings. The van der Waals surface area contributed by atoms with E-state index in [0.717, 1.165) is 9.87 Å². The molecule has 3 rings (SSSR count). The van der Waals surface area contributed by atoms with Gasteiger partial charge in [0, 0.05) is 10.7 Å². The van der Waals surface area contributed by atoms with E-state index in [2.05, 4.69) is 5.32 Å². The molecule has 9 heteroatoms. The van der Waals surface area contributed by atoms with Gasteiger partial charge in [0.2, 0.25) is 5.91 Å². The number of anilines is 2. The van der Waals surface area contributed by atoms with Crippen LogP contribution in [0.15, 0.2) is 71.6 Å². The second kappa shape index (κ2) is 10.1. The number of nitrogens with zero attached hydrogens (tertiary/aromatic N) is 1. The number of nitrogens with one attached hydrogen (secondary N) is 1. The highest BCUT2D eigenvalue weighted by atomic mass is 35.5. The molecule has 0 saturated carbocycles. The number of esters is 1. The fraction of sp³-hybridized carbons (Fsp3) is 0.167. The smallest absolute Gasteiger partial charge is 0.337 e. The number of carbonyl (C=O) groups is 2. The van der Waals surface area contributed by atoms with Gasteiger partial charge >= 0.3 is 5.97 Å². The zero-order chi connectivity index (χ0) is 24.2. The number of hydrogen-bond donors (Lipinski definition) is 1. The first-order valence-electron chi connectivity index (χ1n) is 9.96. The number of ether oxygens (including phenoxy) is 1. The molecule has 0 aliphatic heterocycles. The van der Waals surface area contributed by atoms with E-state index in [1.807, 2.05) is 0 Å². The van der Waals surface area contributed by atoms with Gasteiger partial charge in [0.1, 0.15) is 6.54 Å². The maximum absolute atomic E-state index is 13.4. The van der Waals surface area contributed by atoms with Crippen molar-refractivity contribution in [1.82, 2.24) is 0 Å². The Morgan fingerprint density at radius 2 is 1.64 bits per heavy atom. The zero-order valence-electron chi connectivity index (χ0n) is 18.3. The molecule has 1 N–H and O–H groups in total. The molecule has 0 aromatic heterocycles. The maximum Gasteiger partial charge on any atom is 0.337 e. The van der Waals surface area contributed by atoms with Crippen LogP contribution in [-0.2, 0) is 19.6 Å². The van der Waals surface area contributed by atoms with E-state index in [0.29, 0.717) is 16.3 Å². The van der Waals surface area contributed by atoms with E-state index >= 15 is 0 Å². The van der Waals surface area contributed by atoms with Crippen LogP contribution < -0.4 is 9.62 Å². The van der Waals surface area contributed by atoms with Crippen LogP contribution in [0.3, 0.4) is 0 Å². The van der Waals surface area contributed by atoms with E-state index in [9.17, 15) is 18.0 Å². The van der Waals surface area contributed by atoms with Gasteiger partial charge in [-0.2, -0.15) is 0 Å². The molecule has 0 heterocycles. The Morgan fingerprint density at radius 1 is 0.970 bits per heavy atom. The van der Waals surface area contributed by atoms with Gasteiger partial charge in [-0.3, -0.25) is 9.10 Å². The SMILES string of the molecule is COC(=O)c1ccc(C)c(NC(=O)CN(c2ccc(C)c(Cl)c2)S(=O)(=O)c2ccccc2)c1. The lowest BCUT2D eigenvalue weighted by atomic mass is 10.1.